The van der Waals surface area contributed by atoms with Gasteiger partial charge in [-0.3, -0.25) is 0 Å². The standard InChI is InChI=1S/C19H14FIO3/c1-2-11-23-19(22)10-6-14-5-9-18(17(21)12-14)24-13-15-3-7-16(20)8-4-15/h1,3-10,12H,11,13H2/b10-6+. The van der Waals surface area contributed by atoms with Crippen LogP contribution in [0.25, 0.3) is 6.08 Å². The van der Waals surface area contributed by atoms with Gasteiger partial charge >= 0.3 is 5.97 Å². The van der Waals surface area contributed by atoms with Gasteiger partial charge in [0.1, 0.15) is 18.2 Å². The van der Waals surface area contributed by atoms with Crippen LogP contribution in [0.3, 0.4) is 0 Å². The molecule has 0 saturated heterocycles. The summed E-state index contributed by atoms with van der Waals surface area (Å²) in [5, 5.41) is 0. The average Bonchev–Trinajstić information content (AvgIpc) is 2.58. The minimum atomic E-state index is -0.486. The lowest BCUT2D eigenvalue weighted by Crippen LogP contribution is -2.00. The van der Waals surface area contributed by atoms with Crippen LogP contribution < -0.4 is 4.74 Å². The molecule has 0 spiro atoms. The molecule has 3 nitrogen and oxygen atoms in total. The van der Waals surface area contributed by atoms with Gasteiger partial charge in [0.2, 0.25) is 0 Å². The summed E-state index contributed by atoms with van der Waals surface area (Å²) in [7, 11) is 0. The molecule has 0 aliphatic rings. The zero-order chi connectivity index (χ0) is 17.4. The first kappa shape index (κ1) is 18.0. The molecule has 0 fully saturated rings. The van der Waals surface area contributed by atoms with Crippen LogP contribution in [0.15, 0.2) is 48.5 Å². The van der Waals surface area contributed by atoms with Crippen LogP contribution >= 0.6 is 22.6 Å². The normalized spacial score (nSPS) is 10.4. The van der Waals surface area contributed by atoms with Crippen molar-refractivity contribution >= 4 is 34.6 Å². The van der Waals surface area contributed by atoms with Crippen molar-refractivity contribution in [2.24, 2.45) is 0 Å². The highest BCUT2D eigenvalue weighted by Crippen LogP contribution is 2.23. The van der Waals surface area contributed by atoms with Crippen molar-refractivity contribution in [3.8, 4) is 18.1 Å². The molecule has 0 aliphatic carbocycles. The number of hydrogen-bond donors (Lipinski definition) is 0. The van der Waals surface area contributed by atoms with E-state index in [0.717, 1.165) is 14.7 Å². The Hall–Kier alpha value is -2.33. The van der Waals surface area contributed by atoms with Crippen molar-refractivity contribution in [1.29, 1.82) is 0 Å². The molecule has 0 aliphatic heterocycles. The van der Waals surface area contributed by atoms with Gasteiger partial charge < -0.3 is 9.47 Å². The SMILES string of the molecule is C#CCOC(=O)/C=C/c1ccc(OCc2ccc(F)cc2)c(I)c1. The average molecular weight is 436 g/mol. The van der Waals surface area contributed by atoms with Crippen LogP contribution in [0, 0.1) is 21.7 Å². The van der Waals surface area contributed by atoms with Crippen molar-refractivity contribution in [3.63, 3.8) is 0 Å². The van der Waals surface area contributed by atoms with Gasteiger partial charge in [-0.05, 0) is 64.1 Å². The predicted molar refractivity (Wildman–Crippen MR) is 98.7 cm³/mol. The topological polar surface area (TPSA) is 35.5 Å². The smallest absolute Gasteiger partial charge is 0.331 e. The lowest BCUT2D eigenvalue weighted by Gasteiger charge is -2.09. The summed E-state index contributed by atoms with van der Waals surface area (Å²) in [6, 6.07) is 11.7. The summed E-state index contributed by atoms with van der Waals surface area (Å²) in [6.07, 6.45) is 7.98. The molecule has 0 bridgehead atoms. The Morgan fingerprint density at radius 3 is 2.67 bits per heavy atom. The quantitative estimate of drug-likeness (QED) is 0.295. The van der Waals surface area contributed by atoms with Crippen LogP contribution in [-0.2, 0) is 16.1 Å². The number of ether oxygens (including phenoxy) is 2. The van der Waals surface area contributed by atoms with E-state index in [1.165, 1.54) is 18.2 Å². The summed E-state index contributed by atoms with van der Waals surface area (Å²) < 4.78 is 24.2. The van der Waals surface area contributed by atoms with E-state index in [9.17, 15) is 9.18 Å². The highest BCUT2D eigenvalue weighted by molar-refractivity contribution is 14.1. The number of carbonyl (C=O) groups is 1. The van der Waals surface area contributed by atoms with E-state index in [1.807, 2.05) is 18.2 Å². The van der Waals surface area contributed by atoms with E-state index in [2.05, 4.69) is 28.5 Å². The number of hydrogen-bond acceptors (Lipinski definition) is 3. The van der Waals surface area contributed by atoms with Crippen LogP contribution in [0.2, 0.25) is 0 Å². The van der Waals surface area contributed by atoms with E-state index in [1.54, 1.807) is 18.2 Å². The van der Waals surface area contributed by atoms with Gasteiger partial charge in [0, 0.05) is 6.08 Å². The van der Waals surface area contributed by atoms with Gasteiger partial charge in [0.25, 0.3) is 0 Å². The second-order valence-corrected chi connectivity index (χ2v) is 5.91. The van der Waals surface area contributed by atoms with Crippen LogP contribution in [-0.4, -0.2) is 12.6 Å². The fourth-order valence-electron chi connectivity index (χ4n) is 1.80. The molecule has 2 aromatic rings. The Kier molecular flexibility index (Phi) is 6.82. The molecule has 2 aromatic carbocycles. The second kappa shape index (κ2) is 9.08. The monoisotopic (exact) mass is 436 g/mol. The first-order valence-electron chi connectivity index (χ1n) is 7.03. The maximum absolute atomic E-state index is 12.9. The molecule has 0 N–H and O–H groups in total. The minimum absolute atomic E-state index is 0.0448. The fourth-order valence-corrected chi connectivity index (χ4v) is 2.50. The van der Waals surface area contributed by atoms with E-state index in [0.29, 0.717) is 12.4 Å². The van der Waals surface area contributed by atoms with E-state index in [-0.39, 0.29) is 12.4 Å². The maximum atomic E-state index is 12.9. The number of carbonyl (C=O) groups excluding carboxylic acids is 1. The van der Waals surface area contributed by atoms with Crippen LogP contribution in [0.4, 0.5) is 4.39 Å². The van der Waals surface area contributed by atoms with Gasteiger partial charge in [0.05, 0.1) is 3.57 Å². The van der Waals surface area contributed by atoms with Crippen molar-refractivity contribution in [3.05, 3.63) is 69.1 Å². The van der Waals surface area contributed by atoms with E-state index >= 15 is 0 Å². The third kappa shape index (κ3) is 5.70. The van der Waals surface area contributed by atoms with Gasteiger partial charge in [-0.15, -0.1) is 6.42 Å². The molecule has 2 rings (SSSR count). The number of benzene rings is 2. The van der Waals surface area contributed by atoms with E-state index in [4.69, 9.17) is 15.9 Å². The molecule has 5 heteroatoms. The van der Waals surface area contributed by atoms with Crippen molar-refractivity contribution in [1.82, 2.24) is 0 Å². The lowest BCUT2D eigenvalue weighted by atomic mass is 10.2. The summed E-state index contributed by atoms with van der Waals surface area (Å²) in [6.45, 7) is 0.306. The van der Waals surface area contributed by atoms with Crippen molar-refractivity contribution in [2.75, 3.05) is 6.61 Å². The molecular weight excluding hydrogens is 422 g/mol. The molecule has 0 radical (unpaired) electrons. The Bertz CT molecular complexity index is 776. The predicted octanol–water partition coefficient (Wildman–Crippen LogP) is 4.20. The Labute approximate surface area is 153 Å². The largest absolute Gasteiger partial charge is 0.488 e. The highest BCUT2D eigenvalue weighted by Gasteiger charge is 2.03. The van der Waals surface area contributed by atoms with Gasteiger partial charge in [-0.1, -0.05) is 24.1 Å². The zero-order valence-electron chi connectivity index (χ0n) is 12.7. The molecule has 0 unspecified atom stereocenters. The number of terminal acetylenes is 1. The van der Waals surface area contributed by atoms with Crippen molar-refractivity contribution < 1.29 is 18.7 Å². The molecular formula is C19H14FIO3. The molecule has 24 heavy (non-hydrogen) atoms. The highest BCUT2D eigenvalue weighted by atomic mass is 127. The third-order valence-electron chi connectivity index (χ3n) is 2.97. The molecule has 122 valence electrons. The lowest BCUT2D eigenvalue weighted by molar-refractivity contribution is -0.136. The van der Waals surface area contributed by atoms with Gasteiger partial charge in [-0.2, -0.15) is 0 Å². The zero-order valence-corrected chi connectivity index (χ0v) is 14.8. The maximum Gasteiger partial charge on any atom is 0.331 e. The van der Waals surface area contributed by atoms with Crippen LogP contribution in [0.1, 0.15) is 11.1 Å². The number of halogens is 2. The first-order chi connectivity index (χ1) is 11.6. The fraction of sp³-hybridized carbons (Fsp3) is 0.105. The molecule has 0 amide bonds. The van der Waals surface area contributed by atoms with E-state index < -0.39 is 5.97 Å². The number of rotatable bonds is 6. The Balaban J connectivity index is 1.96. The summed E-state index contributed by atoms with van der Waals surface area (Å²) in [5.74, 6) is 2.18. The summed E-state index contributed by atoms with van der Waals surface area (Å²) in [5.41, 5.74) is 1.72. The molecule has 0 aromatic heterocycles. The minimum Gasteiger partial charge on any atom is -0.488 e. The molecule has 0 heterocycles. The first-order valence-corrected chi connectivity index (χ1v) is 8.11. The Morgan fingerprint density at radius 2 is 2.00 bits per heavy atom. The van der Waals surface area contributed by atoms with Crippen molar-refractivity contribution in [2.45, 2.75) is 6.61 Å². The third-order valence-corrected chi connectivity index (χ3v) is 3.82. The molecule has 0 atom stereocenters. The number of esters is 1. The second-order valence-electron chi connectivity index (χ2n) is 4.75. The van der Waals surface area contributed by atoms with Crippen LogP contribution in [0.5, 0.6) is 5.75 Å². The van der Waals surface area contributed by atoms with Gasteiger partial charge in [0.15, 0.2) is 6.61 Å². The summed E-state index contributed by atoms with van der Waals surface area (Å²) in [4.78, 5) is 11.4. The molecule has 0 saturated carbocycles. The van der Waals surface area contributed by atoms with Gasteiger partial charge in [-0.25, -0.2) is 9.18 Å². The summed E-state index contributed by atoms with van der Waals surface area (Å²) >= 11 is 2.15. The Morgan fingerprint density at radius 1 is 1.25 bits per heavy atom.